The summed E-state index contributed by atoms with van der Waals surface area (Å²) >= 11 is 0. The predicted molar refractivity (Wildman–Crippen MR) is 94.7 cm³/mol. The van der Waals surface area contributed by atoms with E-state index in [9.17, 15) is 0 Å². The lowest BCUT2D eigenvalue weighted by atomic mass is 9.98. The number of rotatable bonds is 1. The first kappa shape index (κ1) is 14.9. The second-order valence-corrected chi connectivity index (χ2v) is 5.87. The van der Waals surface area contributed by atoms with Gasteiger partial charge in [0.05, 0.1) is 0 Å². The van der Waals surface area contributed by atoms with E-state index in [1.54, 1.807) is 0 Å². The highest BCUT2D eigenvalue weighted by atomic mass is 15.1. The van der Waals surface area contributed by atoms with Gasteiger partial charge < -0.3 is 4.90 Å². The molecule has 2 aliphatic rings. The molecule has 4 rings (SSSR count). The molecule has 1 aliphatic heterocycles. The van der Waals surface area contributed by atoms with E-state index in [0.717, 1.165) is 19.5 Å². The summed E-state index contributed by atoms with van der Waals surface area (Å²) in [6, 6.07) is 17.7. The molecule has 0 radical (unpaired) electrons. The lowest BCUT2D eigenvalue weighted by molar-refractivity contribution is 0.373. The molecule has 0 saturated heterocycles. The predicted octanol–water partition coefficient (Wildman–Crippen LogP) is 5.23. The van der Waals surface area contributed by atoms with Gasteiger partial charge in [-0.25, -0.2) is 0 Å². The molecule has 1 unspecified atom stereocenters. The van der Waals surface area contributed by atoms with Crippen molar-refractivity contribution in [3.05, 3.63) is 76.9 Å². The van der Waals surface area contributed by atoms with Gasteiger partial charge in [0.25, 0.3) is 0 Å². The summed E-state index contributed by atoms with van der Waals surface area (Å²) in [6.45, 7) is 8.47. The lowest BCUT2D eigenvalue weighted by Gasteiger charge is -2.32. The molecule has 1 nitrogen and oxygen atoms in total. The van der Waals surface area contributed by atoms with Gasteiger partial charge in [0.2, 0.25) is 0 Å². The van der Waals surface area contributed by atoms with Crippen LogP contribution in [0.15, 0.2) is 54.6 Å². The molecule has 1 aliphatic carbocycles. The largest absolute Gasteiger partial charge is 0.367 e. The Morgan fingerprint density at radius 1 is 0.909 bits per heavy atom. The smallest absolute Gasteiger partial charge is 0.0432 e. The number of allylic oxidation sites excluding steroid dienone is 1. The van der Waals surface area contributed by atoms with Gasteiger partial charge in [0, 0.05) is 30.3 Å². The molecule has 1 heterocycles. The first-order valence-electron chi connectivity index (χ1n) is 8.46. The van der Waals surface area contributed by atoms with Crippen LogP contribution < -0.4 is 0 Å². The minimum Gasteiger partial charge on any atom is -0.367 e. The Kier molecular flexibility index (Phi) is 4.33. The molecular weight excluding hydrogens is 266 g/mol. The third-order valence-electron chi connectivity index (χ3n) is 4.61. The van der Waals surface area contributed by atoms with Crippen LogP contribution in [0.5, 0.6) is 0 Å². The van der Waals surface area contributed by atoms with E-state index in [4.69, 9.17) is 0 Å². The third-order valence-corrected chi connectivity index (χ3v) is 4.61. The molecular formula is C21H25N. The number of hydrogen-bond donors (Lipinski definition) is 0. The van der Waals surface area contributed by atoms with Crippen LogP contribution in [0.2, 0.25) is 0 Å². The van der Waals surface area contributed by atoms with E-state index in [1.807, 2.05) is 13.8 Å². The molecule has 22 heavy (non-hydrogen) atoms. The zero-order chi connectivity index (χ0) is 15.5. The van der Waals surface area contributed by atoms with E-state index in [-0.39, 0.29) is 0 Å². The van der Waals surface area contributed by atoms with E-state index in [0.29, 0.717) is 5.92 Å². The highest BCUT2D eigenvalue weighted by Gasteiger charge is 2.25. The van der Waals surface area contributed by atoms with Gasteiger partial charge in [-0.3, -0.25) is 0 Å². The molecule has 0 bridgehead atoms. The second-order valence-electron chi connectivity index (χ2n) is 5.87. The van der Waals surface area contributed by atoms with E-state index in [1.165, 1.54) is 28.0 Å². The van der Waals surface area contributed by atoms with Gasteiger partial charge in [-0.15, -0.1) is 0 Å². The first-order valence-corrected chi connectivity index (χ1v) is 8.46. The maximum Gasteiger partial charge on any atom is 0.0432 e. The maximum absolute atomic E-state index is 2.55. The zero-order valence-electron chi connectivity index (χ0n) is 13.8. The highest BCUT2D eigenvalue weighted by Crippen LogP contribution is 2.38. The van der Waals surface area contributed by atoms with Crippen molar-refractivity contribution in [3.8, 4) is 0 Å². The molecule has 1 atom stereocenters. The molecule has 0 N–H and O–H groups in total. The molecule has 2 aromatic carbocycles. The van der Waals surface area contributed by atoms with Crippen LogP contribution in [0.4, 0.5) is 0 Å². The Labute approximate surface area is 134 Å². The van der Waals surface area contributed by atoms with Gasteiger partial charge >= 0.3 is 0 Å². The van der Waals surface area contributed by atoms with Crippen LogP contribution in [0.25, 0.3) is 5.70 Å². The van der Waals surface area contributed by atoms with Gasteiger partial charge in [-0.05, 0) is 23.1 Å². The summed E-state index contributed by atoms with van der Waals surface area (Å²) < 4.78 is 0. The standard InChI is InChI=1S/C19H19N.C2H6/c1-14-12-19(18-9-5-4-8-17(14)18)20-11-10-15-6-2-3-7-16(15)13-20;1-2/h2-9,12,14H,10-11,13H2,1H3;1-2H3. The van der Waals surface area contributed by atoms with Crippen molar-refractivity contribution in [2.75, 3.05) is 6.54 Å². The Morgan fingerprint density at radius 3 is 2.41 bits per heavy atom. The van der Waals surface area contributed by atoms with Crippen LogP contribution >= 0.6 is 0 Å². The van der Waals surface area contributed by atoms with Crippen LogP contribution in [0.1, 0.15) is 48.9 Å². The Morgan fingerprint density at radius 2 is 1.59 bits per heavy atom. The molecule has 1 heteroatoms. The summed E-state index contributed by atoms with van der Waals surface area (Å²) in [5.74, 6) is 0.540. The molecule has 0 aromatic heterocycles. The van der Waals surface area contributed by atoms with Gasteiger partial charge in [0.15, 0.2) is 0 Å². The minimum atomic E-state index is 0.540. The van der Waals surface area contributed by atoms with Gasteiger partial charge in [0.1, 0.15) is 0 Å². The topological polar surface area (TPSA) is 3.24 Å². The van der Waals surface area contributed by atoms with Crippen molar-refractivity contribution < 1.29 is 0 Å². The SMILES string of the molecule is CC.CC1C=C(N2CCc3ccccc3C2)c2ccccc21. The van der Waals surface area contributed by atoms with Crippen LogP contribution in [0.3, 0.4) is 0 Å². The van der Waals surface area contributed by atoms with Crippen molar-refractivity contribution >= 4 is 5.70 Å². The Bertz CT molecular complexity index is 684. The zero-order valence-corrected chi connectivity index (χ0v) is 13.8. The molecule has 0 saturated carbocycles. The minimum absolute atomic E-state index is 0.540. The molecule has 114 valence electrons. The molecule has 2 aromatic rings. The van der Waals surface area contributed by atoms with Crippen LogP contribution in [-0.2, 0) is 13.0 Å². The second kappa shape index (κ2) is 6.39. The van der Waals surface area contributed by atoms with Crippen molar-refractivity contribution in [2.24, 2.45) is 0 Å². The van der Waals surface area contributed by atoms with Crippen molar-refractivity contribution in [2.45, 2.75) is 39.7 Å². The number of fused-ring (bicyclic) bond motifs is 2. The molecule has 0 spiro atoms. The van der Waals surface area contributed by atoms with E-state index in [2.05, 4.69) is 66.4 Å². The summed E-state index contributed by atoms with van der Waals surface area (Å²) in [5, 5.41) is 0. The number of hydrogen-bond acceptors (Lipinski definition) is 1. The fourth-order valence-corrected chi connectivity index (χ4v) is 3.52. The fourth-order valence-electron chi connectivity index (χ4n) is 3.52. The average molecular weight is 291 g/mol. The number of benzene rings is 2. The summed E-state index contributed by atoms with van der Waals surface area (Å²) in [4.78, 5) is 2.55. The summed E-state index contributed by atoms with van der Waals surface area (Å²) in [6.07, 6.45) is 3.59. The quantitative estimate of drug-likeness (QED) is 0.695. The monoisotopic (exact) mass is 291 g/mol. The van der Waals surface area contributed by atoms with E-state index < -0.39 is 0 Å². The number of nitrogens with zero attached hydrogens (tertiary/aromatic N) is 1. The fraction of sp³-hybridized carbons (Fsp3) is 0.333. The third kappa shape index (κ3) is 2.56. The van der Waals surface area contributed by atoms with Gasteiger partial charge in [-0.1, -0.05) is 75.4 Å². The van der Waals surface area contributed by atoms with Crippen LogP contribution in [0, 0.1) is 0 Å². The van der Waals surface area contributed by atoms with Gasteiger partial charge in [-0.2, -0.15) is 0 Å². The average Bonchev–Trinajstić information content (AvgIpc) is 2.94. The summed E-state index contributed by atoms with van der Waals surface area (Å²) in [5.41, 5.74) is 7.34. The van der Waals surface area contributed by atoms with Crippen LogP contribution in [-0.4, -0.2) is 11.4 Å². The lowest BCUT2D eigenvalue weighted by Crippen LogP contribution is -2.28. The van der Waals surface area contributed by atoms with Crippen molar-refractivity contribution in [3.63, 3.8) is 0 Å². The Balaban J connectivity index is 0.000000693. The molecule has 0 amide bonds. The summed E-state index contributed by atoms with van der Waals surface area (Å²) in [7, 11) is 0. The highest BCUT2D eigenvalue weighted by molar-refractivity contribution is 5.73. The first-order chi connectivity index (χ1) is 10.8. The normalized spacial score (nSPS) is 18.8. The van der Waals surface area contributed by atoms with Crippen molar-refractivity contribution in [1.29, 1.82) is 0 Å². The van der Waals surface area contributed by atoms with E-state index >= 15 is 0 Å². The maximum atomic E-state index is 2.55. The Hall–Kier alpha value is -2.02. The molecule has 0 fully saturated rings. The van der Waals surface area contributed by atoms with Crippen molar-refractivity contribution in [1.82, 2.24) is 4.90 Å².